The van der Waals surface area contributed by atoms with Crippen molar-refractivity contribution in [1.82, 2.24) is 0 Å². The van der Waals surface area contributed by atoms with Crippen LogP contribution in [0.25, 0.3) is 0 Å². The zero-order valence-electron chi connectivity index (χ0n) is 20.5. The summed E-state index contributed by atoms with van der Waals surface area (Å²) in [6.07, 6.45) is 2.98. The molecule has 0 fully saturated rings. The highest BCUT2D eigenvalue weighted by Crippen LogP contribution is 2.41. The van der Waals surface area contributed by atoms with Crippen molar-refractivity contribution in [2.45, 2.75) is 32.6 Å². The van der Waals surface area contributed by atoms with Crippen molar-refractivity contribution in [1.29, 1.82) is 0 Å². The van der Waals surface area contributed by atoms with E-state index >= 15 is 0 Å². The number of rotatable bonds is 12. The van der Waals surface area contributed by atoms with Crippen LogP contribution < -0.4 is 4.90 Å². The molecule has 2 N–H and O–H groups in total. The van der Waals surface area contributed by atoms with Crippen molar-refractivity contribution in [2.24, 2.45) is 0 Å². The molecule has 0 saturated heterocycles. The summed E-state index contributed by atoms with van der Waals surface area (Å²) in [6.45, 7) is 5.33. The third-order valence-electron chi connectivity index (χ3n) is 6.08. The first-order chi connectivity index (χ1) is 17.4. The predicted octanol–water partition coefficient (Wildman–Crippen LogP) is 5.07. The van der Waals surface area contributed by atoms with E-state index in [1.165, 1.54) is 31.2 Å². The predicted molar refractivity (Wildman–Crippen MR) is 138 cm³/mol. The minimum atomic E-state index is -0.632. The van der Waals surface area contributed by atoms with Crippen LogP contribution in [0.1, 0.15) is 70.0 Å². The monoisotopic (exact) mass is 489 g/mol. The molecule has 7 heteroatoms. The fraction of sp³-hybridized carbons (Fsp3) is 0.276. The van der Waals surface area contributed by atoms with Crippen LogP contribution >= 0.6 is 0 Å². The molecule has 0 amide bonds. The summed E-state index contributed by atoms with van der Waals surface area (Å²) in [5.41, 5.74) is 3.39. The summed E-state index contributed by atoms with van der Waals surface area (Å²) in [5.74, 6) is -0.966. The molecule has 36 heavy (non-hydrogen) atoms. The average Bonchev–Trinajstić information content (AvgIpc) is 2.88. The van der Waals surface area contributed by atoms with Crippen LogP contribution in [0, 0.1) is 0 Å². The van der Waals surface area contributed by atoms with Gasteiger partial charge < -0.3 is 19.8 Å². The third kappa shape index (κ3) is 6.50. The number of anilines is 1. The maximum atomic E-state index is 11.5. The highest BCUT2D eigenvalue weighted by Gasteiger charge is 2.24. The molecule has 3 aromatic carbocycles. The fourth-order valence-corrected chi connectivity index (χ4v) is 4.27. The molecule has 0 aromatic heterocycles. The van der Waals surface area contributed by atoms with Gasteiger partial charge in [0.15, 0.2) is 0 Å². The number of carbonyl (C=O) groups is 3. The number of benzene rings is 3. The smallest absolute Gasteiger partial charge is 0.302 e. The number of phenolic OH excluding ortho intramolecular Hbond substituents is 2. The Morgan fingerprint density at radius 1 is 0.917 bits per heavy atom. The Bertz CT molecular complexity index is 1160. The maximum absolute atomic E-state index is 11.5. The summed E-state index contributed by atoms with van der Waals surface area (Å²) in [4.78, 5) is 36.1. The Kier molecular flexibility index (Phi) is 9.22. The number of nitrogens with zero attached hydrogens (tertiary/aromatic N) is 1. The number of hydrogen-bond donors (Lipinski definition) is 2. The van der Waals surface area contributed by atoms with Gasteiger partial charge in [-0.2, -0.15) is 0 Å². The standard InChI is InChI=1S/C29H31NO6/c1-3-30(13-4-5-14-36-20(2)33)24-8-6-7-23(17-24)29(25-15-21(18-31)9-11-27(25)34)26-16-22(19-32)10-12-28(26)35/h6-12,15-19,29,34-35H,3-5,13-14H2,1-2H3. The number of carbonyl (C=O) groups excluding carboxylic acids is 3. The summed E-state index contributed by atoms with van der Waals surface area (Å²) in [5, 5.41) is 21.5. The van der Waals surface area contributed by atoms with E-state index < -0.39 is 5.92 Å². The Hall–Kier alpha value is -4.13. The first-order valence-corrected chi connectivity index (χ1v) is 11.9. The molecule has 0 heterocycles. The van der Waals surface area contributed by atoms with E-state index in [0.717, 1.165) is 37.2 Å². The number of ether oxygens (including phenoxy) is 1. The lowest BCUT2D eigenvalue weighted by Gasteiger charge is -2.26. The van der Waals surface area contributed by atoms with E-state index in [-0.39, 0.29) is 17.5 Å². The van der Waals surface area contributed by atoms with Gasteiger partial charge in [0.25, 0.3) is 0 Å². The van der Waals surface area contributed by atoms with Crippen molar-refractivity contribution in [3.05, 3.63) is 88.5 Å². The normalized spacial score (nSPS) is 10.8. The molecule has 188 valence electrons. The molecule has 0 aliphatic heterocycles. The molecule has 3 aromatic rings. The molecule has 0 unspecified atom stereocenters. The van der Waals surface area contributed by atoms with E-state index in [1.807, 2.05) is 24.3 Å². The molecule has 0 bridgehead atoms. The van der Waals surface area contributed by atoms with E-state index in [1.54, 1.807) is 12.1 Å². The van der Waals surface area contributed by atoms with Crippen LogP contribution in [0.2, 0.25) is 0 Å². The van der Waals surface area contributed by atoms with Crippen molar-refractivity contribution >= 4 is 24.2 Å². The zero-order valence-corrected chi connectivity index (χ0v) is 20.5. The van der Waals surface area contributed by atoms with E-state index in [0.29, 0.717) is 41.4 Å². The van der Waals surface area contributed by atoms with E-state index in [9.17, 15) is 24.6 Å². The van der Waals surface area contributed by atoms with Gasteiger partial charge in [-0.1, -0.05) is 12.1 Å². The Morgan fingerprint density at radius 2 is 1.53 bits per heavy atom. The SMILES string of the molecule is CCN(CCCCOC(C)=O)c1cccc(C(c2cc(C=O)ccc2O)c2cc(C=O)ccc2O)c1. The van der Waals surface area contributed by atoms with Crippen molar-refractivity contribution in [2.75, 3.05) is 24.6 Å². The number of esters is 1. The number of phenols is 2. The van der Waals surface area contributed by atoms with Gasteiger partial charge in [-0.15, -0.1) is 0 Å². The molecule has 0 saturated carbocycles. The van der Waals surface area contributed by atoms with Crippen molar-refractivity contribution in [3.8, 4) is 11.5 Å². The number of aldehydes is 2. The first kappa shape index (κ1) is 26.5. The number of aromatic hydroxyl groups is 2. The molecule has 0 aliphatic carbocycles. The van der Waals surface area contributed by atoms with E-state index in [4.69, 9.17) is 4.74 Å². The van der Waals surface area contributed by atoms with Gasteiger partial charge in [0.1, 0.15) is 24.1 Å². The second-order valence-electron chi connectivity index (χ2n) is 8.53. The van der Waals surface area contributed by atoms with Crippen LogP contribution in [-0.2, 0) is 9.53 Å². The summed E-state index contributed by atoms with van der Waals surface area (Å²) in [6, 6.07) is 16.9. The maximum Gasteiger partial charge on any atom is 0.302 e. The molecule has 7 nitrogen and oxygen atoms in total. The minimum Gasteiger partial charge on any atom is -0.508 e. The molecule has 0 spiro atoms. The summed E-state index contributed by atoms with van der Waals surface area (Å²) < 4.78 is 5.02. The number of unbranched alkanes of at least 4 members (excludes halogenated alkanes) is 1. The van der Waals surface area contributed by atoms with E-state index in [2.05, 4.69) is 11.8 Å². The highest BCUT2D eigenvalue weighted by atomic mass is 16.5. The van der Waals surface area contributed by atoms with Gasteiger partial charge >= 0.3 is 5.97 Å². The minimum absolute atomic E-state index is 0.0234. The molecular formula is C29H31NO6. The largest absolute Gasteiger partial charge is 0.508 e. The second kappa shape index (κ2) is 12.5. The van der Waals surface area contributed by atoms with Gasteiger partial charge in [0.2, 0.25) is 0 Å². The van der Waals surface area contributed by atoms with Crippen molar-refractivity contribution < 1.29 is 29.3 Å². The van der Waals surface area contributed by atoms with Crippen LogP contribution in [-0.4, -0.2) is 48.5 Å². The van der Waals surface area contributed by atoms with Crippen LogP contribution in [0.5, 0.6) is 11.5 Å². The lowest BCUT2D eigenvalue weighted by Crippen LogP contribution is -2.24. The Morgan fingerprint density at radius 3 is 2.06 bits per heavy atom. The molecule has 0 aliphatic rings. The number of hydrogen-bond acceptors (Lipinski definition) is 7. The average molecular weight is 490 g/mol. The molecule has 0 radical (unpaired) electrons. The summed E-state index contributed by atoms with van der Waals surface area (Å²) in [7, 11) is 0. The molecule has 3 rings (SSSR count). The molecule has 0 atom stereocenters. The van der Waals surface area contributed by atoms with Crippen molar-refractivity contribution in [3.63, 3.8) is 0 Å². The summed E-state index contributed by atoms with van der Waals surface area (Å²) >= 11 is 0. The first-order valence-electron chi connectivity index (χ1n) is 11.9. The van der Waals surface area contributed by atoms with Crippen LogP contribution in [0.15, 0.2) is 60.7 Å². The van der Waals surface area contributed by atoms with Gasteiger partial charge in [-0.05, 0) is 73.9 Å². The van der Waals surface area contributed by atoms with Crippen LogP contribution in [0.4, 0.5) is 5.69 Å². The Balaban J connectivity index is 2.03. The Labute approximate surface area is 211 Å². The fourth-order valence-electron chi connectivity index (χ4n) is 4.27. The highest BCUT2D eigenvalue weighted by molar-refractivity contribution is 5.78. The molecular weight excluding hydrogens is 458 g/mol. The lowest BCUT2D eigenvalue weighted by molar-refractivity contribution is -0.141. The van der Waals surface area contributed by atoms with Gasteiger partial charge in [0.05, 0.1) is 6.61 Å². The van der Waals surface area contributed by atoms with Gasteiger partial charge in [0, 0.05) is 53.9 Å². The lowest BCUT2D eigenvalue weighted by atomic mass is 9.82. The zero-order chi connectivity index (χ0) is 26.1. The second-order valence-corrected chi connectivity index (χ2v) is 8.53. The third-order valence-corrected chi connectivity index (χ3v) is 6.08. The quantitative estimate of drug-likeness (QED) is 0.158. The van der Waals surface area contributed by atoms with Crippen LogP contribution in [0.3, 0.4) is 0 Å². The topological polar surface area (TPSA) is 104 Å². The van der Waals surface area contributed by atoms with Gasteiger partial charge in [-0.3, -0.25) is 14.4 Å². The van der Waals surface area contributed by atoms with Gasteiger partial charge in [-0.25, -0.2) is 0 Å².